The normalized spacial score (nSPS) is 19.2. The van der Waals surface area contributed by atoms with Crippen LogP contribution in [-0.2, 0) is 20.1 Å². The molecule has 0 saturated carbocycles. The molecule has 1 amide bonds. The predicted molar refractivity (Wildman–Crippen MR) is 78.0 cm³/mol. The van der Waals surface area contributed by atoms with Crippen LogP contribution >= 0.6 is 11.8 Å². The lowest BCUT2D eigenvalue weighted by atomic mass is 10.1. The molecule has 1 aromatic rings. The summed E-state index contributed by atoms with van der Waals surface area (Å²) in [4.78, 5) is 16.4. The number of carbonyl (C=O) groups is 1. The van der Waals surface area contributed by atoms with Gasteiger partial charge in [0.1, 0.15) is 0 Å². The zero-order valence-corrected chi connectivity index (χ0v) is 12.0. The molecule has 2 aliphatic rings. The van der Waals surface area contributed by atoms with E-state index in [9.17, 15) is 4.79 Å². The third-order valence-corrected chi connectivity index (χ3v) is 3.77. The van der Waals surface area contributed by atoms with Crippen LogP contribution in [0, 0.1) is 11.5 Å². The maximum Gasteiger partial charge on any atom is 0.289 e. The molecule has 2 aliphatic heterocycles. The number of carbonyl (C=O) groups excluding carboxylic acids is 1. The standard InChI is InChI=1S/C13H12N4O3S/c1-21-12(15-7-14)16-8-2-3-10-9(6-8)13(11(18)17-10)19-4-5-20-13/h2-3,6H,4-5H2,1H3,(H,15,16)(H,17,18). The Balaban J connectivity index is 2.01. The molecular weight excluding hydrogens is 292 g/mol. The number of fused-ring (bicyclic) bond motifs is 2. The quantitative estimate of drug-likeness (QED) is 0.351. The average molecular weight is 304 g/mol. The van der Waals surface area contributed by atoms with Gasteiger partial charge in [0.15, 0.2) is 11.4 Å². The minimum atomic E-state index is -1.36. The first-order valence-electron chi connectivity index (χ1n) is 6.21. The second kappa shape index (κ2) is 5.37. The van der Waals surface area contributed by atoms with E-state index in [-0.39, 0.29) is 5.91 Å². The molecule has 2 heterocycles. The minimum absolute atomic E-state index is 0.323. The van der Waals surface area contributed by atoms with Crippen LogP contribution in [0.1, 0.15) is 5.56 Å². The molecule has 2 N–H and O–H groups in total. The van der Waals surface area contributed by atoms with E-state index in [1.807, 2.05) is 12.4 Å². The van der Waals surface area contributed by atoms with Crippen molar-refractivity contribution < 1.29 is 14.3 Å². The van der Waals surface area contributed by atoms with Crippen LogP contribution in [0.25, 0.3) is 0 Å². The number of nitrogens with zero attached hydrogens (tertiary/aromatic N) is 2. The van der Waals surface area contributed by atoms with Crippen LogP contribution in [0.4, 0.5) is 11.4 Å². The maximum absolute atomic E-state index is 12.1. The van der Waals surface area contributed by atoms with Gasteiger partial charge < -0.3 is 14.8 Å². The summed E-state index contributed by atoms with van der Waals surface area (Å²) in [7, 11) is 0. The number of aliphatic imine (C=N–C) groups is 1. The summed E-state index contributed by atoms with van der Waals surface area (Å²) in [6, 6.07) is 5.23. The Morgan fingerprint density at radius 3 is 2.95 bits per heavy atom. The van der Waals surface area contributed by atoms with E-state index in [0.29, 0.717) is 35.3 Å². The molecule has 0 atom stereocenters. The fourth-order valence-corrected chi connectivity index (χ4v) is 2.64. The van der Waals surface area contributed by atoms with Crippen molar-refractivity contribution in [2.24, 2.45) is 4.99 Å². The first-order valence-corrected chi connectivity index (χ1v) is 7.44. The first-order chi connectivity index (χ1) is 10.2. The van der Waals surface area contributed by atoms with E-state index in [4.69, 9.17) is 14.7 Å². The lowest BCUT2D eigenvalue weighted by Crippen LogP contribution is -2.35. The predicted octanol–water partition coefficient (Wildman–Crippen LogP) is 1.26. The molecule has 7 nitrogen and oxygen atoms in total. The summed E-state index contributed by atoms with van der Waals surface area (Å²) in [5.74, 6) is -1.68. The number of anilines is 1. The molecular formula is C13H12N4O3S. The lowest BCUT2D eigenvalue weighted by Gasteiger charge is -2.19. The molecule has 0 bridgehead atoms. The fourth-order valence-electron chi connectivity index (χ4n) is 2.30. The molecule has 1 spiro atoms. The Morgan fingerprint density at radius 1 is 1.52 bits per heavy atom. The highest BCUT2D eigenvalue weighted by Crippen LogP contribution is 2.43. The van der Waals surface area contributed by atoms with E-state index in [1.165, 1.54) is 11.8 Å². The minimum Gasteiger partial charge on any atom is -0.336 e. The van der Waals surface area contributed by atoms with E-state index in [0.717, 1.165) is 0 Å². The topological polar surface area (TPSA) is 95.7 Å². The number of nitriles is 1. The van der Waals surface area contributed by atoms with E-state index < -0.39 is 5.79 Å². The van der Waals surface area contributed by atoms with Gasteiger partial charge in [-0.1, -0.05) is 11.8 Å². The zero-order chi connectivity index (χ0) is 14.9. The number of thioether (sulfide) groups is 1. The van der Waals surface area contributed by atoms with Crippen LogP contribution in [0.2, 0.25) is 0 Å². The van der Waals surface area contributed by atoms with Crippen molar-refractivity contribution in [3.63, 3.8) is 0 Å². The summed E-state index contributed by atoms with van der Waals surface area (Å²) in [6.45, 7) is 0.735. The zero-order valence-electron chi connectivity index (χ0n) is 11.2. The molecule has 0 aromatic heterocycles. The molecule has 0 aliphatic carbocycles. The molecule has 21 heavy (non-hydrogen) atoms. The maximum atomic E-state index is 12.1. The summed E-state index contributed by atoms with van der Waals surface area (Å²) < 4.78 is 11.0. The van der Waals surface area contributed by atoms with Crippen molar-refractivity contribution in [3.05, 3.63) is 23.8 Å². The highest BCUT2D eigenvalue weighted by Gasteiger charge is 2.52. The summed E-state index contributed by atoms with van der Waals surface area (Å²) >= 11 is 1.32. The Kier molecular flexibility index (Phi) is 3.55. The SMILES string of the molecule is CSC(=Nc1ccc2c(c1)C1(OCCO1)C(=O)N2)NC#N. The van der Waals surface area contributed by atoms with E-state index in [1.54, 1.807) is 18.2 Å². The van der Waals surface area contributed by atoms with Gasteiger partial charge in [-0.05, 0) is 24.5 Å². The molecule has 0 radical (unpaired) electrons. The number of amides is 1. The average Bonchev–Trinajstić information content (AvgIpc) is 3.07. The number of benzene rings is 1. The molecule has 1 aromatic carbocycles. The third kappa shape index (κ3) is 2.25. The van der Waals surface area contributed by atoms with Gasteiger partial charge in [0, 0.05) is 5.56 Å². The van der Waals surface area contributed by atoms with Crippen LogP contribution < -0.4 is 10.6 Å². The molecule has 1 saturated heterocycles. The van der Waals surface area contributed by atoms with Gasteiger partial charge in [-0.2, -0.15) is 5.26 Å². The van der Waals surface area contributed by atoms with Crippen molar-refractivity contribution in [2.45, 2.75) is 5.79 Å². The van der Waals surface area contributed by atoms with E-state index in [2.05, 4.69) is 15.6 Å². The first kappa shape index (κ1) is 13.9. The highest BCUT2D eigenvalue weighted by atomic mass is 32.2. The van der Waals surface area contributed by atoms with Crippen LogP contribution in [0.3, 0.4) is 0 Å². The van der Waals surface area contributed by atoms with Crippen molar-refractivity contribution in [1.82, 2.24) is 5.32 Å². The number of hydrogen-bond donors (Lipinski definition) is 2. The number of hydrogen-bond acceptors (Lipinski definition) is 6. The number of nitrogens with one attached hydrogen (secondary N) is 2. The van der Waals surface area contributed by atoms with Gasteiger partial charge in [0.25, 0.3) is 11.7 Å². The van der Waals surface area contributed by atoms with Crippen LogP contribution in [0.15, 0.2) is 23.2 Å². The smallest absolute Gasteiger partial charge is 0.289 e. The number of rotatable bonds is 1. The second-order valence-corrected chi connectivity index (χ2v) is 5.15. The van der Waals surface area contributed by atoms with Gasteiger partial charge in [-0.3, -0.25) is 10.1 Å². The van der Waals surface area contributed by atoms with Crippen LogP contribution in [-0.4, -0.2) is 30.5 Å². The Hall–Kier alpha value is -2.08. The molecule has 3 rings (SSSR count). The molecule has 1 fully saturated rings. The van der Waals surface area contributed by atoms with Crippen molar-refractivity contribution in [3.8, 4) is 6.19 Å². The lowest BCUT2D eigenvalue weighted by molar-refractivity contribution is -0.178. The summed E-state index contributed by atoms with van der Waals surface area (Å²) in [6.07, 6.45) is 3.64. The molecule has 108 valence electrons. The molecule has 8 heteroatoms. The van der Waals surface area contributed by atoms with Gasteiger partial charge in [0.2, 0.25) is 0 Å². The molecule has 0 unspecified atom stereocenters. The monoisotopic (exact) mass is 304 g/mol. The van der Waals surface area contributed by atoms with Gasteiger partial charge in [-0.15, -0.1) is 0 Å². The Bertz CT molecular complexity index is 662. The summed E-state index contributed by atoms with van der Waals surface area (Å²) in [5, 5.41) is 14.4. The van der Waals surface area contributed by atoms with Gasteiger partial charge >= 0.3 is 0 Å². The van der Waals surface area contributed by atoms with Gasteiger partial charge in [-0.25, -0.2) is 4.99 Å². The van der Waals surface area contributed by atoms with Gasteiger partial charge in [0.05, 0.1) is 24.6 Å². The number of ether oxygens (including phenoxy) is 2. The third-order valence-electron chi connectivity index (χ3n) is 3.19. The van der Waals surface area contributed by atoms with Crippen molar-refractivity contribution in [1.29, 1.82) is 5.26 Å². The van der Waals surface area contributed by atoms with Crippen molar-refractivity contribution >= 4 is 34.2 Å². The Labute approximate surface area is 125 Å². The number of amidine groups is 1. The Morgan fingerprint density at radius 2 is 2.29 bits per heavy atom. The summed E-state index contributed by atoms with van der Waals surface area (Å²) in [5.41, 5.74) is 1.87. The fraction of sp³-hybridized carbons (Fsp3) is 0.308. The second-order valence-electron chi connectivity index (χ2n) is 4.36. The highest BCUT2D eigenvalue weighted by molar-refractivity contribution is 8.13. The van der Waals surface area contributed by atoms with E-state index >= 15 is 0 Å². The van der Waals surface area contributed by atoms with Crippen molar-refractivity contribution in [2.75, 3.05) is 24.8 Å². The largest absolute Gasteiger partial charge is 0.336 e. The van der Waals surface area contributed by atoms with Crippen LogP contribution in [0.5, 0.6) is 0 Å².